The van der Waals surface area contributed by atoms with Gasteiger partial charge in [0.05, 0.1) is 25.5 Å². The van der Waals surface area contributed by atoms with Gasteiger partial charge in [-0.3, -0.25) is 4.79 Å². The van der Waals surface area contributed by atoms with E-state index in [1.807, 2.05) is 0 Å². The van der Waals surface area contributed by atoms with Crippen LogP contribution in [0, 0.1) is 5.92 Å². The van der Waals surface area contributed by atoms with E-state index in [4.69, 9.17) is 19.9 Å². The van der Waals surface area contributed by atoms with Crippen LogP contribution in [-0.4, -0.2) is 39.9 Å². The number of nitrogen functional groups attached to an aromatic ring is 1. The number of anilines is 1. The Hall–Kier alpha value is -1.95. The molecule has 1 aromatic carbocycles. The summed E-state index contributed by atoms with van der Waals surface area (Å²) in [6, 6.07) is 3.28. The first-order valence-corrected chi connectivity index (χ1v) is 7.03. The summed E-state index contributed by atoms with van der Waals surface area (Å²) in [7, 11) is 3.05. The molecule has 2 rings (SSSR count). The maximum absolute atomic E-state index is 12.3. The third kappa shape index (κ3) is 3.78. The van der Waals surface area contributed by atoms with Crippen molar-refractivity contribution in [3.8, 4) is 11.5 Å². The lowest BCUT2D eigenvalue weighted by atomic mass is 10.0. The molecule has 0 aliphatic carbocycles. The smallest absolute Gasteiger partial charge is 0.253 e. The number of benzene rings is 1. The van der Waals surface area contributed by atoms with Crippen molar-refractivity contribution in [1.29, 1.82) is 0 Å². The van der Waals surface area contributed by atoms with Crippen molar-refractivity contribution in [2.24, 2.45) is 5.92 Å². The average molecular weight is 294 g/mol. The summed E-state index contributed by atoms with van der Waals surface area (Å²) in [6.07, 6.45) is 1.94. The lowest BCUT2D eigenvalue weighted by molar-refractivity contribution is 0.0643. The largest absolute Gasteiger partial charge is 0.497 e. The lowest BCUT2D eigenvalue weighted by Gasteiger charge is -2.22. The molecule has 0 radical (unpaired) electrons. The molecule has 6 heteroatoms. The summed E-state index contributed by atoms with van der Waals surface area (Å²) in [4.78, 5) is 12.3. The number of hydrogen-bond acceptors (Lipinski definition) is 5. The fourth-order valence-corrected chi connectivity index (χ4v) is 2.36. The zero-order valence-electron chi connectivity index (χ0n) is 12.5. The number of carbonyl (C=O) groups excluding carboxylic acids is 1. The summed E-state index contributed by atoms with van der Waals surface area (Å²) in [6.45, 7) is 2.15. The van der Waals surface area contributed by atoms with Gasteiger partial charge in [0.15, 0.2) is 0 Å². The monoisotopic (exact) mass is 294 g/mol. The van der Waals surface area contributed by atoms with Gasteiger partial charge in [-0.15, -0.1) is 0 Å². The summed E-state index contributed by atoms with van der Waals surface area (Å²) < 4.78 is 15.6. The maximum Gasteiger partial charge on any atom is 0.253 e. The number of carbonyl (C=O) groups is 1. The number of nitrogens with two attached hydrogens (primary N) is 1. The average Bonchev–Trinajstić information content (AvgIpc) is 2.53. The van der Waals surface area contributed by atoms with E-state index in [2.05, 4.69) is 5.32 Å². The highest BCUT2D eigenvalue weighted by Gasteiger charge is 2.18. The van der Waals surface area contributed by atoms with Crippen LogP contribution in [0.15, 0.2) is 12.1 Å². The van der Waals surface area contributed by atoms with E-state index in [1.54, 1.807) is 12.1 Å². The van der Waals surface area contributed by atoms with E-state index >= 15 is 0 Å². The summed E-state index contributed by atoms with van der Waals surface area (Å²) in [5.41, 5.74) is 6.66. The fourth-order valence-electron chi connectivity index (χ4n) is 2.36. The predicted molar refractivity (Wildman–Crippen MR) is 79.8 cm³/mol. The van der Waals surface area contributed by atoms with Gasteiger partial charge in [-0.2, -0.15) is 0 Å². The maximum atomic E-state index is 12.3. The van der Waals surface area contributed by atoms with Crippen molar-refractivity contribution >= 4 is 11.6 Å². The van der Waals surface area contributed by atoms with Crippen LogP contribution in [-0.2, 0) is 4.74 Å². The van der Waals surface area contributed by atoms with Gasteiger partial charge in [-0.05, 0) is 24.8 Å². The molecule has 1 heterocycles. The zero-order valence-corrected chi connectivity index (χ0v) is 12.5. The van der Waals surface area contributed by atoms with Crippen molar-refractivity contribution < 1.29 is 19.0 Å². The van der Waals surface area contributed by atoms with Gasteiger partial charge in [0, 0.05) is 25.8 Å². The van der Waals surface area contributed by atoms with E-state index in [0.29, 0.717) is 35.2 Å². The van der Waals surface area contributed by atoms with Crippen molar-refractivity contribution in [3.63, 3.8) is 0 Å². The van der Waals surface area contributed by atoms with Gasteiger partial charge in [0.1, 0.15) is 11.5 Å². The molecule has 3 N–H and O–H groups in total. The normalized spacial score (nSPS) is 15.5. The fraction of sp³-hybridized carbons (Fsp3) is 0.533. The van der Waals surface area contributed by atoms with Crippen molar-refractivity contribution in [2.45, 2.75) is 12.8 Å². The van der Waals surface area contributed by atoms with E-state index in [-0.39, 0.29) is 5.91 Å². The molecule has 1 aliphatic heterocycles. The number of rotatable bonds is 5. The predicted octanol–water partition coefficient (Wildman–Crippen LogP) is 1.44. The second-order valence-corrected chi connectivity index (χ2v) is 5.06. The van der Waals surface area contributed by atoms with Crippen LogP contribution in [0.1, 0.15) is 23.2 Å². The SMILES string of the molecule is COc1cc(OC)c(N)c(C(=O)NCC2CCOCC2)c1. The minimum Gasteiger partial charge on any atom is -0.497 e. The quantitative estimate of drug-likeness (QED) is 0.803. The third-order valence-corrected chi connectivity index (χ3v) is 3.71. The Bertz CT molecular complexity index is 499. The summed E-state index contributed by atoms with van der Waals surface area (Å²) >= 11 is 0. The van der Waals surface area contributed by atoms with Crippen LogP contribution >= 0.6 is 0 Å². The number of hydrogen-bond donors (Lipinski definition) is 2. The Kier molecular flexibility index (Phi) is 5.27. The van der Waals surface area contributed by atoms with Gasteiger partial charge in [-0.25, -0.2) is 0 Å². The van der Waals surface area contributed by atoms with Crippen LogP contribution in [0.3, 0.4) is 0 Å². The molecule has 1 saturated heterocycles. The Morgan fingerprint density at radius 2 is 2.05 bits per heavy atom. The molecule has 0 bridgehead atoms. The number of amides is 1. The number of nitrogens with one attached hydrogen (secondary N) is 1. The lowest BCUT2D eigenvalue weighted by Crippen LogP contribution is -2.32. The van der Waals surface area contributed by atoms with Gasteiger partial charge in [0.2, 0.25) is 0 Å². The van der Waals surface area contributed by atoms with Crippen LogP contribution in [0.5, 0.6) is 11.5 Å². The van der Waals surface area contributed by atoms with Crippen molar-refractivity contribution in [3.05, 3.63) is 17.7 Å². The molecule has 1 fully saturated rings. The van der Waals surface area contributed by atoms with Crippen LogP contribution < -0.4 is 20.5 Å². The van der Waals surface area contributed by atoms with Gasteiger partial charge >= 0.3 is 0 Å². The highest BCUT2D eigenvalue weighted by atomic mass is 16.5. The highest BCUT2D eigenvalue weighted by molar-refractivity contribution is 6.00. The molecule has 0 saturated carbocycles. The first-order valence-electron chi connectivity index (χ1n) is 7.03. The zero-order chi connectivity index (χ0) is 15.2. The molecule has 1 aliphatic rings. The van der Waals surface area contributed by atoms with E-state index in [1.165, 1.54) is 14.2 Å². The molecule has 0 atom stereocenters. The minimum absolute atomic E-state index is 0.212. The van der Waals surface area contributed by atoms with E-state index in [0.717, 1.165) is 26.1 Å². The molecule has 6 nitrogen and oxygen atoms in total. The van der Waals surface area contributed by atoms with Crippen LogP contribution in [0.2, 0.25) is 0 Å². The molecule has 0 spiro atoms. The van der Waals surface area contributed by atoms with E-state index in [9.17, 15) is 4.79 Å². The third-order valence-electron chi connectivity index (χ3n) is 3.71. The second kappa shape index (κ2) is 7.17. The molecular weight excluding hydrogens is 272 g/mol. The molecule has 0 unspecified atom stereocenters. The molecule has 1 aromatic rings. The number of methoxy groups -OCH3 is 2. The van der Waals surface area contributed by atoms with Crippen molar-refractivity contribution in [1.82, 2.24) is 5.32 Å². The summed E-state index contributed by atoms with van der Waals surface area (Å²) in [5, 5.41) is 2.93. The Balaban J connectivity index is 2.07. The molecule has 0 aromatic heterocycles. The Labute approximate surface area is 124 Å². The standard InChI is InChI=1S/C15H22N2O4/c1-19-11-7-12(14(16)13(8-11)20-2)15(18)17-9-10-3-5-21-6-4-10/h7-8,10H,3-6,9,16H2,1-2H3,(H,17,18). The van der Waals surface area contributed by atoms with Gasteiger partial charge in [0.25, 0.3) is 5.91 Å². The molecule has 116 valence electrons. The molecule has 21 heavy (non-hydrogen) atoms. The van der Waals surface area contributed by atoms with Gasteiger partial charge in [-0.1, -0.05) is 0 Å². The second-order valence-electron chi connectivity index (χ2n) is 5.06. The van der Waals surface area contributed by atoms with Crippen molar-refractivity contribution in [2.75, 3.05) is 39.7 Å². The van der Waals surface area contributed by atoms with Crippen LogP contribution in [0.4, 0.5) is 5.69 Å². The van der Waals surface area contributed by atoms with E-state index < -0.39 is 0 Å². The summed E-state index contributed by atoms with van der Waals surface area (Å²) in [5.74, 6) is 1.22. The Morgan fingerprint density at radius 3 is 2.67 bits per heavy atom. The minimum atomic E-state index is -0.212. The molecular formula is C15H22N2O4. The van der Waals surface area contributed by atoms with Crippen LogP contribution in [0.25, 0.3) is 0 Å². The first kappa shape index (κ1) is 15.4. The Morgan fingerprint density at radius 1 is 1.33 bits per heavy atom. The first-order chi connectivity index (χ1) is 10.2. The molecule has 1 amide bonds. The topological polar surface area (TPSA) is 82.8 Å². The van der Waals surface area contributed by atoms with Gasteiger partial charge < -0.3 is 25.3 Å². The highest BCUT2D eigenvalue weighted by Crippen LogP contribution is 2.31. The number of ether oxygens (including phenoxy) is 3.